The Bertz CT molecular complexity index is 715. The molecule has 0 atom stereocenters. The highest BCUT2D eigenvalue weighted by atomic mass is 16.5. The van der Waals surface area contributed by atoms with E-state index in [9.17, 15) is 4.79 Å². The van der Waals surface area contributed by atoms with Gasteiger partial charge in [-0.1, -0.05) is 47.6 Å². The van der Waals surface area contributed by atoms with Crippen LogP contribution in [0.5, 0.6) is 5.75 Å². The summed E-state index contributed by atoms with van der Waals surface area (Å²) in [5.41, 5.74) is 10.1. The highest BCUT2D eigenvalue weighted by molar-refractivity contribution is 6.09. The first-order valence-corrected chi connectivity index (χ1v) is 6.25. The summed E-state index contributed by atoms with van der Waals surface area (Å²) in [6.07, 6.45) is 3.15. The summed E-state index contributed by atoms with van der Waals surface area (Å²) >= 11 is 0. The van der Waals surface area contributed by atoms with Crippen molar-refractivity contribution in [3.8, 4) is 5.75 Å². The topological polar surface area (TPSA) is 75.1 Å². The molecule has 0 amide bonds. The predicted molar refractivity (Wildman–Crippen MR) is 81.6 cm³/mol. The Kier molecular flexibility index (Phi) is 4.75. The van der Waals surface area contributed by atoms with Crippen LogP contribution in [0.4, 0.5) is 5.69 Å². The van der Waals surface area contributed by atoms with Crippen molar-refractivity contribution in [3.05, 3.63) is 76.2 Å². The maximum absolute atomic E-state index is 12.1. The number of benzene rings is 2. The molecule has 2 rings (SSSR count). The van der Waals surface area contributed by atoms with Gasteiger partial charge in [0.15, 0.2) is 5.78 Å². The van der Waals surface area contributed by atoms with Crippen molar-refractivity contribution < 1.29 is 9.53 Å². The second-order valence-electron chi connectivity index (χ2n) is 4.18. The lowest BCUT2D eigenvalue weighted by atomic mass is 10.1. The van der Waals surface area contributed by atoms with Crippen LogP contribution in [0, 0.1) is 0 Å². The number of ketones is 1. The Morgan fingerprint density at radius 3 is 2.57 bits per heavy atom. The van der Waals surface area contributed by atoms with Gasteiger partial charge >= 0.3 is 0 Å². The van der Waals surface area contributed by atoms with E-state index in [4.69, 9.17) is 10.3 Å². The standard InChI is InChI=1S/C16H13N3O2/c1-21-13-9-6-12(7-10-13)8-11-16(20)14-4-2-3-5-15(14)18-19-17/h2-11H,1H3/b11-8+. The first kappa shape index (κ1) is 14.4. The molecule has 21 heavy (non-hydrogen) atoms. The van der Waals surface area contributed by atoms with Crippen molar-refractivity contribution in [1.82, 2.24) is 0 Å². The van der Waals surface area contributed by atoms with Gasteiger partial charge in [-0.25, -0.2) is 0 Å². The lowest BCUT2D eigenvalue weighted by molar-refractivity contribution is 0.104. The van der Waals surface area contributed by atoms with Crippen molar-refractivity contribution in [1.29, 1.82) is 0 Å². The van der Waals surface area contributed by atoms with Crippen LogP contribution in [-0.2, 0) is 0 Å². The predicted octanol–water partition coefficient (Wildman–Crippen LogP) is 4.53. The minimum absolute atomic E-state index is 0.214. The highest BCUT2D eigenvalue weighted by Crippen LogP contribution is 2.20. The number of carbonyl (C=O) groups excluding carboxylic acids is 1. The van der Waals surface area contributed by atoms with E-state index in [1.54, 1.807) is 37.5 Å². The molecule has 0 saturated carbocycles. The van der Waals surface area contributed by atoms with Gasteiger partial charge in [0.25, 0.3) is 0 Å². The van der Waals surface area contributed by atoms with Crippen LogP contribution < -0.4 is 4.74 Å². The van der Waals surface area contributed by atoms with Gasteiger partial charge in [-0.15, -0.1) is 0 Å². The minimum atomic E-state index is -0.214. The molecule has 5 nitrogen and oxygen atoms in total. The number of hydrogen-bond donors (Lipinski definition) is 0. The Labute approximate surface area is 122 Å². The maximum atomic E-state index is 12.1. The third-order valence-electron chi connectivity index (χ3n) is 2.86. The Hall–Kier alpha value is -3.04. The van der Waals surface area contributed by atoms with E-state index in [-0.39, 0.29) is 5.78 Å². The van der Waals surface area contributed by atoms with Crippen LogP contribution in [0.2, 0.25) is 0 Å². The van der Waals surface area contributed by atoms with Gasteiger partial charge < -0.3 is 4.74 Å². The lowest BCUT2D eigenvalue weighted by Crippen LogP contribution is -1.94. The second kappa shape index (κ2) is 6.93. The summed E-state index contributed by atoms with van der Waals surface area (Å²) in [7, 11) is 1.60. The number of nitrogens with zero attached hydrogens (tertiary/aromatic N) is 3. The van der Waals surface area contributed by atoms with E-state index < -0.39 is 0 Å². The molecule has 0 aliphatic carbocycles. The van der Waals surface area contributed by atoms with E-state index in [1.165, 1.54) is 6.08 Å². The van der Waals surface area contributed by atoms with Gasteiger partial charge in [-0.3, -0.25) is 4.79 Å². The van der Waals surface area contributed by atoms with Crippen LogP contribution in [0.1, 0.15) is 15.9 Å². The molecular weight excluding hydrogens is 266 g/mol. The number of allylic oxidation sites excluding steroid dienone is 1. The van der Waals surface area contributed by atoms with Gasteiger partial charge in [-0.2, -0.15) is 0 Å². The summed E-state index contributed by atoms with van der Waals surface area (Å²) in [5.74, 6) is 0.543. The number of carbonyl (C=O) groups is 1. The number of rotatable bonds is 5. The van der Waals surface area contributed by atoms with E-state index >= 15 is 0 Å². The number of ether oxygens (including phenoxy) is 1. The molecule has 0 saturated heterocycles. The fraction of sp³-hybridized carbons (Fsp3) is 0.0625. The second-order valence-corrected chi connectivity index (χ2v) is 4.18. The third-order valence-corrected chi connectivity index (χ3v) is 2.86. The minimum Gasteiger partial charge on any atom is -0.497 e. The van der Waals surface area contributed by atoms with Gasteiger partial charge in [0.1, 0.15) is 5.75 Å². The van der Waals surface area contributed by atoms with Crippen molar-refractivity contribution in [3.63, 3.8) is 0 Å². The largest absolute Gasteiger partial charge is 0.497 e. The smallest absolute Gasteiger partial charge is 0.186 e. The highest BCUT2D eigenvalue weighted by Gasteiger charge is 2.06. The maximum Gasteiger partial charge on any atom is 0.186 e. The van der Waals surface area contributed by atoms with Gasteiger partial charge in [-0.05, 0) is 29.3 Å². The molecule has 0 N–H and O–H groups in total. The number of azide groups is 1. The van der Waals surface area contributed by atoms with E-state index in [1.807, 2.05) is 24.3 Å². The zero-order valence-corrected chi connectivity index (χ0v) is 11.4. The molecule has 0 spiro atoms. The van der Waals surface area contributed by atoms with Gasteiger partial charge in [0.05, 0.1) is 7.11 Å². The molecule has 0 unspecified atom stereocenters. The van der Waals surface area contributed by atoms with E-state index in [2.05, 4.69) is 10.0 Å². The Morgan fingerprint density at radius 2 is 1.90 bits per heavy atom. The van der Waals surface area contributed by atoms with Crippen LogP contribution in [0.15, 0.2) is 59.7 Å². The average Bonchev–Trinajstić information content (AvgIpc) is 2.54. The molecule has 0 heterocycles. The van der Waals surface area contributed by atoms with Crippen LogP contribution in [0.25, 0.3) is 16.5 Å². The van der Waals surface area contributed by atoms with Crippen molar-refractivity contribution in [2.45, 2.75) is 0 Å². The quantitative estimate of drug-likeness (QED) is 0.265. The van der Waals surface area contributed by atoms with Crippen LogP contribution in [0.3, 0.4) is 0 Å². The molecule has 0 aliphatic heterocycles. The summed E-state index contributed by atoms with van der Waals surface area (Å²) in [6.45, 7) is 0. The number of hydrogen-bond acceptors (Lipinski definition) is 3. The fourth-order valence-corrected chi connectivity index (χ4v) is 1.79. The summed E-state index contributed by atoms with van der Waals surface area (Å²) in [5, 5.41) is 3.51. The molecule has 0 aliphatic rings. The lowest BCUT2D eigenvalue weighted by Gasteiger charge is -2.01. The SMILES string of the molecule is COc1ccc(/C=C/C(=O)c2ccccc2N=[N+]=[N-])cc1. The Morgan fingerprint density at radius 1 is 1.19 bits per heavy atom. The average molecular weight is 279 g/mol. The summed E-state index contributed by atoms with van der Waals surface area (Å²) in [4.78, 5) is 14.9. The van der Waals surface area contributed by atoms with Crippen molar-refractivity contribution in [2.24, 2.45) is 5.11 Å². The monoisotopic (exact) mass is 279 g/mol. The number of methoxy groups -OCH3 is 1. The molecule has 2 aromatic carbocycles. The summed E-state index contributed by atoms with van der Waals surface area (Å²) in [6, 6.07) is 14.0. The van der Waals surface area contributed by atoms with Crippen molar-refractivity contribution >= 4 is 17.5 Å². The Balaban J connectivity index is 2.20. The molecule has 0 bridgehead atoms. The van der Waals surface area contributed by atoms with E-state index in [0.717, 1.165) is 11.3 Å². The van der Waals surface area contributed by atoms with Gasteiger partial charge in [0.2, 0.25) is 0 Å². The van der Waals surface area contributed by atoms with Crippen molar-refractivity contribution in [2.75, 3.05) is 7.11 Å². The molecule has 0 fully saturated rings. The molecule has 0 radical (unpaired) electrons. The first-order chi connectivity index (χ1) is 10.2. The molecule has 5 heteroatoms. The normalized spacial score (nSPS) is 10.1. The first-order valence-electron chi connectivity index (χ1n) is 6.25. The fourth-order valence-electron chi connectivity index (χ4n) is 1.79. The zero-order valence-electron chi connectivity index (χ0n) is 11.4. The zero-order chi connectivity index (χ0) is 15.1. The van der Waals surface area contributed by atoms with Crippen LogP contribution >= 0.6 is 0 Å². The van der Waals surface area contributed by atoms with Crippen LogP contribution in [-0.4, -0.2) is 12.9 Å². The third kappa shape index (κ3) is 3.72. The molecule has 2 aromatic rings. The molecule has 0 aromatic heterocycles. The van der Waals surface area contributed by atoms with Gasteiger partial charge in [0, 0.05) is 16.2 Å². The molecule has 104 valence electrons. The summed E-state index contributed by atoms with van der Waals surface area (Å²) < 4.78 is 5.07. The van der Waals surface area contributed by atoms with E-state index in [0.29, 0.717) is 11.3 Å². The molecular formula is C16H13N3O2.